The number of carbonyl (C=O) groups excluding carboxylic acids is 1. The van der Waals surface area contributed by atoms with Crippen LogP contribution < -0.4 is 9.62 Å². The van der Waals surface area contributed by atoms with Crippen molar-refractivity contribution in [3.8, 4) is 0 Å². The fourth-order valence-corrected chi connectivity index (χ4v) is 3.22. The molecule has 1 N–H and O–H groups in total. The Kier molecular flexibility index (Phi) is 3.43. The lowest BCUT2D eigenvalue weighted by Gasteiger charge is -2.17. The molecule has 1 fully saturated rings. The van der Waals surface area contributed by atoms with E-state index in [0.717, 1.165) is 30.5 Å². The number of hydrogen-bond acceptors (Lipinski definition) is 3. The van der Waals surface area contributed by atoms with Gasteiger partial charge in [0.2, 0.25) is 15.9 Å². The molecule has 0 aromatic heterocycles. The van der Waals surface area contributed by atoms with E-state index in [0.29, 0.717) is 12.2 Å². The largest absolute Gasteiger partial charge is 0.312 e. The summed E-state index contributed by atoms with van der Waals surface area (Å²) in [6.07, 6.45) is 2.78. The number of rotatable bonds is 4. The zero-order chi connectivity index (χ0) is 15.2. The van der Waals surface area contributed by atoms with Gasteiger partial charge in [0.15, 0.2) is 0 Å². The maximum absolute atomic E-state index is 12.2. The normalized spacial score (nSPS) is 18.0. The second kappa shape index (κ2) is 5.02. The Morgan fingerprint density at radius 2 is 2.05 bits per heavy atom. The second-order valence-electron chi connectivity index (χ2n) is 6.05. The van der Waals surface area contributed by atoms with Crippen LogP contribution in [0.3, 0.4) is 0 Å². The third-order valence-corrected chi connectivity index (χ3v) is 5.81. The molecule has 21 heavy (non-hydrogen) atoms. The van der Waals surface area contributed by atoms with E-state index in [9.17, 15) is 13.2 Å². The number of amides is 1. The average Bonchev–Trinajstić information content (AvgIpc) is 3.18. The molecule has 1 aliphatic carbocycles. The Hall–Kier alpha value is -1.56. The Bertz CT molecular complexity index is 678. The maximum Gasteiger partial charge on any atom is 0.235 e. The highest BCUT2D eigenvalue weighted by atomic mass is 32.2. The standard InChI is InChI=1S/C15H20N2O3S/c1-10(2)21(19,20)16-13-5-6-14-12(9-13)7-8-17(14)15(18)11-3-4-11/h5-6,9-11,16H,3-4,7-8H2,1-2H3. The molecule has 0 atom stereocenters. The van der Waals surface area contributed by atoms with Crippen LogP contribution in [0, 0.1) is 5.92 Å². The molecule has 0 radical (unpaired) electrons. The summed E-state index contributed by atoms with van der Waals surface area (Å²) in [7, 11) is -3.33. The number of nitrogens with one attached hydrogen (secondary N) is 1. The van der Waals surface area contributed by atoms with Gasteiger partial charge in [-0.1, -0.05) is 0 Å². The fraction of sp³-hybridized carbons (Fsp3) is 0.533. The third kappa shape index (κ3) is 2.77. The van der Waals surface area contributed by atoms with Crippen LogP contribution in [0.4, 0.5) is 11.4 Å². The van der Waals surface area contributed by atoms with Crippen LogP contribution in [0.5, 0.6) is 0 Å². The van der Waals surface area contributed by atoms with Gasteiger partial charge >= 0.3 is 0 Å². The maximum atomic E-state index is 12.2. The summed E-state index contributed by atoms with van der Waals surface area (Å²) in [4.78, 5) is 14.0. The van der Waals surface area contributed by atoms with Crippen molar-refractivity contribution in [2.75, 3.05) is 16.2 Å². The molecule has 1 aromatic rings. The number of sulfonamides is 1. The molecule has 0 saturated heterocycles. The number of fused-ring (bicyclic) bond motifs is 1. The van der Waals surface area contributed by atoms with Gasteiger partial charge < -0.3 is 4.90 Å². The minimum Gasteiger partial charge on any atom is -0.312 e. The third-order valence-electron chi connectivity index (χ3n) is 4.05. The fourth-order valence-electron chi connectivity index (χ4n) is 2.53. The van der Waals surface area contributed by atoms with E-state index in [2.05, 4.69) is 4.72 Å². The molecular formula is C15H20N2O3S. The van der Waals surface area contributed by atoms with Crippen molar-refractivity contribution in [3.05, 3.63) is 23.8 Å². The zero-order valence-electron chi connectivity index (χ0n) is 12.3. The van der Waals surface area contributed by atoms with E-state index >= 15 is 0 Å². The molecule has 1 saturated carbocycles. The van der Waals surface area contributed by atoms with Crippen molar-refractivity contribution in [3.63, 3.8) is 0 Å². The minimum atomic E-state index is -3.33. The molecule has 114 valence electrons. The first-order chi connectivity index (χ1) is 9.88. The molecule has 0 unspecified atom stereocenters. The molecule has 1 aliphatic heterocycles. The quantitative estimate of drug-likeness (QED) is 0.926. The molecule has 1 heterocycles. The zero-order valence-corrected chi connectivity index (χ0v) is 13.1. The number of anilines is 2. The van der Waals surface area contributed by atoms with Crippen LogP contribution in [-0.4, -0.2) is 26.1 Å². The van der Waals surface area contributed by atoms with Crippen LogP contribution >= 0.6 is 0 Å². The van der Waals surface area contributed by atoms with Crippen LogP contribution in [0.2, 0.25) is 0 Å². The van der Waals surface area contributed by atoms with Crippen LogP contribution in [-0.2, 0) is 21.2 Å². The van der Waals surface area contributed by atoms with Crippen molar-refractivity contribution in [2.45, 2.75) is 38.4 Å². The van der Waals surface area contributed by atoms with Crippen LogP contribution in [0.15, 0.2) is 18.2 Å². The summed E-state index contributed by atoms with van der Waals surface area (Å²) >= 11 is 0. The van der Waals surface area contributed by atoms with Crippen LogP contribution in [0.25, 0.3) is 0 Å². The Morgan fingerprint density at radius 3 is 2.67 bits per heavy atom. The molecule has 0 spiro atoms. The molecule has 5 nitrogen and oxygen atoms in total. The van der Waals surface area contributed by atoms with Gasteiger partial charge in [0.25, 0.3) is 0 Å². The second-order valence-corrected chi connectivity index (χ2v) is 8.29. The minimum absolute atomic E-state index is 0.204. The lowest BCUT2D eigenvalue weighted by Crippen LogP contribution is -2.30. The van der Waals surface area contributed by atoms with E-state index in [1.165, 1.54) is 0 Å². The van der Waals surface area contributed by atoms with Crippen molar-refractivity contribution in [1.29, 1.82) is 0 Å². The summed E-state index contributed by atoms with van der Waals surface area (Å²) < 4.78 is 26.4. The smallest absolute Gasteiger partial charge is 0.235 e. The topological polar surface area (TPSA) is 66.5 Å². The number of carbonyl (C=O) groups is 1. The Morgan fingerprint density at radius 1 is 1.33 bits per heavy atom. The molecule has 1 amide bonds. The molecule has 6 heteroatoms. The van der Waals surface area contributed by atoms with E-state index in [-0.39, 0.29) is 11.8 Å². The van der Waals surface area contributed by atoms with Gasteiger partial charge in [0.05, 0.1) is 5.25 Å². The Labute approximate surface area is 125 Å². The average molecular weight is 308 g/mol. The first-order valence-corrected chi connectivity index (χ1v) is 8.89. The number of hydrogen-bond donors (Lipinski definition) is 1. The van der Waals surface area contributed by atoms with E-state index in [1.807, 2.05) is 17.0 Å². The highest BCUT2D eigenvalue weighted by Gasteiger charge is 2.36. The van der Waals surface area contributed by atoms with E-state index < -0.39 is 15.3 Å². The molecule has 0 bridgehead atoms. The first kappa shape index (κ1) is 14.4. The number of benzene rings is 1. The molecule has 2 aliphatic rings. The Balaban J connectivity index is 1.82. The van der Waals surface area contributed by atoms with Gasteiger partial charge in [-0.3, -0.25) is 9.52 Å². The summed E-state index contributed by atoms with van der Waals surface area (Å²) in [5.74, 6) is 0.416. The summed E-state index contributed by atoms with van der Waals surface area (Å²) in [6, 6.07) is 5.42. The van der Waals surface area contributed by atoms with Gasteiger partial charge in [-0.15, -0.1) is 0 Å². The van der Waals surface area contributed by atoms with Crippen molar-refractivity contribution in [1.82, 2.24) is 0 Å². The molecular weight excluding hydrogens is 288 g/mol. The van der Waals surface area contributed by atoms with Crippen molar-refractivity contribution in [2.24, 2.45) is 5.92 Å². The highest BCUT2D eigenvalue weighted by molar-refractivity contribution is 7.93. The first-order valence-electron chi connectivity index (χ1n) is 7.34. The van der Waals surface area contributed by atoms with E-state index in [1.54, 1.807) is 19.9 Å². The highest BCUT2D eigenvalue weighted by Crippen LogP contribution is 2.37. The predicted octanol–water partition coefficient (Wildman–Crippen LogP) is 2.14. The number of nitrogens with zero attached hydrogens (tertiary/aromatic N) is 1. The summed E-state index contributed by atoms with van der Waals surface area (Å²) in [5, 5.41) is -0.473. The SMILES string of the molecule is CC(C)S(=O)(=O)Nc1ccc2c(c1)CCN2C(=O)C1CC1. The van der Waals surface area contributed by atoms with Gasteiger partial charge in [0.1, 0.15) is 0 Å². The van der Waals surface area contributed by atoms with Gasteiger partial charge in [0, 0.05) is 23.8 Å². The van der Waals surface area contributed by atoms with Gasteiger partial charge in [-0.25, -0.2) is 8.42 Å². The van der Waals surface area contributed by atoms with Gasteiger partial charge in [-0.2, -0.15) is 0 Å². The molecule has 1 aromatic carbocycles. The summed E-state index contributed by atoms with van der Waals surface area (Å²) in [5.41, 5.74) is 2.54. The van der Waals surface area contributed by atoms with Crippen LogP contribution in [0.1, 0.15) is 32.3 Å². The lowest BCUT2D eigenvalue weighted by atomic mass is 10.1. The van der Waals surface area contributed by atoms with E-state index in [4.69, 9.17) is 0 Å². The lowest BCUT2D eigenvalue weighted by molar-refractivity contribution is -0.119. The van der Waals surface area contributed by atoms with Crippen molar-refractivity contribution < 1.29 is 13.2 Å². The van der Waals surface area contributed by atoms with Gasteiger partial charge in [-0.05, 0) is 56.9 Å². The van der Waals surface area contributed by atoms with Crippen molar-refractivity contribution >= 4 is 27.3 Å². The molecule has 3 rings (SSSR count). The summed E-state index contributed by atoms with van der Waals surface area (Å²) in [6.45, 7) is 3.99. The monoisotopic (exact) mass is 308 g/mol. The predicted molar refractivity (Wildman–Crippen MR) is 82.9 cm³/mol.